The molecule has 76 valence electrons. The van der Waals surface area contributed by atoms with Gasteiger partial charge in [0.1, 0.15) is 7.18 Å². The average Bonchev–Trinajstić information content (AvgIpc) is 2.02. The molecule has 14 heavy (non-hydrogen) atoms. The summed E-state index contributed by atoms with van der Waals surface area (Å²) in [6.07, 6.45) is 0.0545. The van der Waals surface area contributed by atoms with Gasteiger partial charge in [-0.15, -0.1) is 0 Å². The van der Waals surface area contributed by atoms with Crippen molar-refractivity contribution in [3.8, 4) is 5.75 Å². The fraction of sp³-hybridized carbons (Fsp3) is 0.222. The normalized spacial score (nSPS) is 11.3. The minimum Gasteiger partial charge on any atom is -0.508 e. The predicted molar refractivity (Wildman–Crippen MR) is 70.1 cm³/mol. The first-order valence-electron chi connectivity index (χ1n) is 3.81. The Kier molecular flexibility index (Phi) is 3.99. The maximum Gasteiger partial charge on any atom is 0.305 e. The van der Waals surface area contributed by atoms with Crippen molar-refractivity contribution in [3.63, 3.8) is 0 Å². The number of benzene rings is 1. The van der Waals surface area contributed by atoms with E-state index in [0.29, 0.717) is 0 Å². The van der Waals surface area contributed by atoms with E-state index in [1.165, 1.54) is 0 Å². The van der Waals surface area contributed by atoms with Gasteiger partial charge in [-0.2, -0.15) is 0 Å². The van der Waals surface area contributed by atoms with E-state index in [4.69, 9.17) is 10.2 Å². The molecule has 1 aromatic carbocycles. The molecule has 0 aliphatic carbocycles. The maximum atomic E-state index is 10.6. The summed E-state index contributed by atoms with van der Waals surface area (Å²) in [6, 6.07) is 6.58. The molecule has 0 amide bonds. The Morgan fingerprint density at radius 2 is 1.79 bits per heavy atom. The lowest BCUT2D eigenvalue weighted by Gasteiger charge is -2.18. The topological polar surface area (TPSA) is 57.5 Å². The van der Waals surface area contributed by atoms with E-state index < -0.39 is 7.40 Å². The number of phenols is 1. The first kappa shape index (κ1) is 12.0. The number of hydrogen-bond acceptors (Lipinski definition) is 2. The smallest absolute Gasteiger partial charge is 0.305 e. The molecular weight excluding hydrogens is 410 g/mol. The van der Waals surface area contributed by atoms with Crippen LogP contribution in [0.5, 0.6) is 5.75 Å². The van der Waals surface area contributed by atoms with Gasteiger partial charge in [0.15, 0.2) is 0 Å². The molecule has 0 radical (unpaired) electrons. The van der Waals surface area contributed by atoms with Crippen LogP contribution in [0.25, 0.3) is 0 Å². The minimum absolute atomic E-state index is 0.0545. The number of halogens is 2. The van der Waals surface area contributed by atoms with Crippen LogP contribution in [0.2, 0.25) is 0 Å². The summed E-state index contributed by atoms with van der Waals surface area (Å²) in [5.41, 5.74) is 0.888. The molecule has 2 N–H and O–H groups in total. The van der Waals surface area contributed by atoms with E-state index in [9.17, 15) is 4.79 Å². The molecule has 0 spiro atoms. The zero-order valence-electron chi connectivity index (χ0n) is 7.08. The fourth-order valence-corrected chi connectivity index (χ4v) is 2.37. The standard InChI is InChI=1S/C9H8I2O3/c10-9(11,5-8(13)14)6-1-3-7(12)4-2-6/h1-4,12H,5H2,(H,13,14). The highest BCUT2D eigenvalue weighted by Gasteiger charge is 2.28. The first-order chi connectivity index (χ1) is 6.42. The lowest BCUT2D eigenvalue weighted by Crippen LogP contribution is -2.14. The van der Waals surface area contributed by atoms with Gasteiger partial charge >= 0.3 is 5.97 Å². The number of carboxylic acids is 1. The van der Waals surface area contributed by atoms with Crippen molar-refractivity contribution in [2.45, 2.75) is 7.85 Å². The van der Waals surface area contributed by atoms with Gasteiger partial charge in [-0.05, 0) is 17.7 Å². The quantitative estimate of drug-likeness (QED) is 0.587. The molecule has 0 saturated carbocycles. The molecular formula is C9H8I2O3. The van der Waals surface area contributed by atoms with Crippen LogP contribution in [0, 0.1) is 0 Å². The van der Waals surface area contributed by atoms with Crippen LogP contribution < -0.4 is 0 Å². The second-order valence-electron chi connectivity index (χ2n) is 2.82. The van der Waals surface area contributed by atoms with Crippen molar-refractivity contribution in [3.05, 3.63) is 29.8 Å². The van der Waals surface area contributed by atoms with Gasteiger partial charge in [0.25, 0.3) is 0 Å². The SMILES string of the molecule is O=C(O)CC(I)(I)c1ccc(O)cc1. The predicted octanol–water partition coefficient (Wildman–Crippen LogP) is 2.89. The fourth-order valence-electron chi connectivity index (χ4n) is 0.997. The third-order valence-corrected chi connectivity index (χ3v) is 3.67. The Balaban J connectivity index is 2.91. The van der Waals surface area contributed by atoms with Crippen LogP contribution in [0.3, 0.4) is 0 Å². The van der Waals surface area contributed by atoms with E-state index in [-0.39, 0.29) is 12.2 Å². The average molecular weight is 418 g/mol. The summed E-state index contributed by atoms with van der Waals surface area (Å²) in [4.78, 5) is 10.6. The molecule has 0 atom stereocenters. The number of carboxylic acid groups (broad SMARTS) is 1. The van der Waals surface area contributed by atoms with Crippen molar-refractivity contribution >= 4 is 51.2 Å². The summed E-state index contributed by atoms with van der Waals surface area (Å²) < 4.78 is -0.463. The van der Waals surface area contributed by atoms with Gasteiger partial charge in [-0.25, -0.2) is 0 Å². The second kappa shape index (κ2) is 4.65. The van der Waals surface area contributed by atoms with Crippen LogP contribution in [-0.2, 0) is 6.22 Å². The highest BCUT2D eigenvalue weighted by atomic mass is 127. The Bertz CT molecular complexity index is 332. The first-order valence-corrected chi connectivity index (χ1v) is 5.97. The highest BCUT2D eigenvalue weighted by Crippen LogP contribution is 2.42. The summed E-state index contributed by atoms with van der Waals surface area (Å²) >= 11 is 4.19. The molecule has 0 aliphatic rings. The van der Waals surface area contributed by atoms with Gasteiger partial charge < -0.3 is 10.2 Å². The zero-order valence-corrected chi connectivity index (χ0v) is 11.4. The molecule has 0 unspecified atom stereocenters. The Labute approximate surface area is 109 Å². The van der Waals surface area contributed by atoms with Gasteiger partial charge in [0.2, 0.25) is 0 Å². The van der Waals surface area contributed by atoms with E-state index in [2.05, 4.69) is 45.2 Å². The zero-order chi connectivity index (χ0) is 10.8. The largest absolute Gasteiger partial charge is 0.508 e. The van der Waals surface area contributed by atoms with Crippen LogP contribution in [0.4, 0.5) is 0 Å². The number of hydrogen-bond donors (Lipinski definition) is 2. The third-order valence-electron chi connectivity index (χ3n) is 1.66. The summed E-state index contributed by atoms with van der Waals surface area (Å²) in [7, 11) is 0. The lowest BCUT2D eigenvalue weighted by atomic mass is 10.1. The number of rotatable bonds is 3. The lowest BCUT2D eigenvalue weighted by molar-refractivity contribution is -0.137. The van der Waals surface area contributed by atoms with Crippen LogP contribution in [0.1, 0.15) is 12.0 Å². The number of aliphatic carboxylic acids is 1. The number of alkyl halides is 2. The summed E-state index contributed by atoms with van der Waals surface area (Å²) in [5.74, 6) is -0.644. The van der Waals surface area contributed by atoms with Crippen LogP contribution in [0.15, 0.2) is 24.3 Å². The summed E-state index contributed by atoms with van der Waals surface area (Å²) in [6.45, 7) is 0. The highest BCUT2D eigenvalue weighted by molar-refractivity contribution is 14.2. The molecule has 1 aromatic rings. The van der Waals surface area contributed by atoms with Gasteiger partial charge in [0, 0.05) is 0 Å². The Hall–Kier alpha value is -0.0500. The van der Waals surface area contributed by atoms with Crippen molar-refractivity contribution in [1.29, 1.82) is 0 Å². The van der Waals surface area contributed by atoms with Crippen LogP contribution in [-0.4, -0.2) is 16.2 Å². The molecule has 0 bridgehead atoms. The number of carbonyl (C=O) groups is 1. The molecule has 0 heterocycles. The van der Waals surface area contributed by atoms with E-state index in [1.807, 2.05) is 0 Å². The van der Waals surface area contributed by atoms with Crippen LogP contribution >= 0.6 is 45.2 Å². The Morgan fingerprint density at radius 1 is 1.29 bits per heavy atom. The van der Waals surface area contributed by atoms with Gasteiger partial charge in [0.05, 0.1) is 6.42 Å². The maximum absolute atomic E-state index is 10.6. The van der Waals surface area contributed by atoms with Crippen molar-refractivity contribution in [1.82, 2.24) is 0 Å². The summed E-state index contributed by atoms with van der Waals surface area (Å²) in [5, 5.41) is 17.8. The molecule has 0 aliphatic heterocycles. The molecule has 0 saturated heterocycles. The van der Waals surface area contributed by atoms with E-state index >= 15 is 0 Å². The molecule has 1 rings (SSSR count). The second-order valence-corrected chi connectivity index (χ2v) is 8.57. The molecule has 5 heteroatoms. The van der Waals surface area contributed by atoms with Crippen molar-refractivity contribution in [2.75, 3.05) is 0 Å². The monoisotopic (exact) mass is 418 g/mol. The number of phenolic OH excluding ortho intramolecular Hbond substituents is 1. The Morgan fingerprint density at radius 3 is 2.21 bits per heavy atom. The molecule has 3 nitrogen and oxygen atoms in total. The van der Waals surface area contributed by atoms with E-state index in [1.54, 1.807) is 24.3 Å². The van der Waals surface area contributed by atoms with E-state index in [0.717, 1.165) is 5.56 Å². The number of aromatic hydroxyl groups is 1. The third kappa shape index (κ3) is 3.26. The minimum atomic E-state index is -0.832. The van der Waals surface area contributed by atoms with Gasteiger partial charge in [-0.1, -0.05) is 57.3 Å². The molecule has 0 fully saturated rings. The van der Waals surface area contributed by atoms with Crippen molar-refractivity contribution in [2.24, 2.45) is 0 Å². The molecule has 0 aromatic heterocycles. The van der Waals surface area contributed by atoms with Gasteiger partial charge in [-0.3, -0.25) is 4.79 Å². The van der Waals surface area contributed by atoms with Crippen molar-refractivity contribution < 1.29 is 15.0 Å².